The highest BCUT2D eigenvalue weighted by atomic mass is 19.4. The highest BCUT2D eigenvalue weighted by Crippen LogP contribution is 2.31. The molecule has 0 saturated carbocycles. The zero-order chi connectivity index (χ0) is 19.4. The molecular formula is C18H15F3N4O2. The maximum absolute atomic E-state index is 12.7. The lowest BCUT2D eigenvalue weighted by molar-refractivity contribution is -0.137. The number of rotatable bonds is 5. The predicted molar refractivity (Wildman–Crippen MR) is 91.2 cm³/mol. The molecule has 140 valence electrons. The number of ether oxygens (including phenoxy) is 1. The van der Waals surface area contributed by atoms with Crippen LogP contribution < -0.4 is 10.1 Å². The second-order valence-corrected chi connectivity index (χ2v) is 5.71. The molecule has 2 aromatic heterocycles. The summed E-state index contributed by atoms with van der Waals surface area (Å²) in [6.07, 6.45) is -1.33. The summed E-state index contributed by atoms with van der Waals surface area (Å²) in [5.41, 5.74) is 0.292. The molecule has 0 spiro atoms. The summed E-state index contributed by atoms with van der Waals surface area (Å²) < 4.78 is 44.7. The van der Waals surface area contributed by atoms with E-state index in [1.165, 1.54) is 29.1 Å². The Kier molecular flexibility index (Phi) is 5.11. The minimum atomic E-state index is -4.44. The number of alkyl halides is 3. The lowest BCUT2D eigenvalue weighted by Gasteiger charge is -2.10. The molecule has 0 unspecified atom stereocenters. The van der Waals surface area contributed by atoms with Crippen molar-refractivity contribution in [1.29, 1.82) is 0 Å². The normalized spacial score (nSPS) is 11.3. The molecule has 9 heteroatoms. The van der Waals surface area contributed by atoms with Crippen molar-refractivity contribution in [2.75, 3.05) is 5.32 Å². The highest BCUT2D eigenvalue weighted by molar-refractivity contribution is 6.02. The van der Waals surface area contributed by atoms with Gasteiger partial charge >= 0.3 is 6.18 Å². The molecule has 0 aliphatic heterocycles. The standard InChI is InChI=1S/C18H15F3N4O2/c1-12-5-6-16(22-10-12)23-17(26)15-7-8-25(24-15)11-27-14-4-2-3-13(9-14)18(19,20)21/h2-10H,11H2,1H3,(H,22,23,26). The van der Waals surface area contributed by atoms with E-state index in [2.05, 4.69) is 15.4 Å². The molecule has 0 atom stereocenters. The molecule has 1 aromatic carbocycles. The summed E-state index contributed by atoms with van der Waals surface area (Å²) in [7, 11) is 0. The van der Waals surface area contributed by atoms with Crippen LogP contribution in [0, 0.1) is 6.92 Å². The fraction of sp³-hybridized carbons (Fsp3) is 0.167. The molecule has 6 nitrogen and oxygen atoms in total. The van der Waals surface area contributed by atoms with Gasteiger partial charge in [0, 0.05) is 12.4 Å². The van der Waals surface area contributed by atoms with Crippen molar-refractivity contribution in [2.24, 2.45) is 0 Å². The highest BCUT2D eigenvalue weighted by Gasteiger charge is 2.30. The molecule has 0 saturated heterocycles. The van der Waals surface area contributed by atoms with Crippen LogP contribution in [-0.2, 0) is 12.9 Å². The first-order chi connectivity index (χ1) is 12.8. The second kappa shape index (κ2) is 7.48. The molecule has 1 amide bonds. The minimum Gasteiger partial charge on any atom is -0.471 e. The molecule has 27 heavy (non-hydrogen) atoms. The van der Waals surface area contributed by atoms with Crippen LogP contribution in [0.1, 0.15) is 21.6 Å². The molecule has 0 fully saturated rings. The number of nitrogens with one attached hydrogen (secondary N) is 1. The SMILES string of the molecule is Cc1ccc(NC(=O)c2ccn(COc3cccc(C(F)(F)F)c3)n2)nc1. The van der Waals surface area contributed by atoms with Crippen LogP contribution in [-0.4, -0.2) is 20.7 Å². The van der Waals surface area contributed by atoms with E-state index in [9.17, 15) is 18.0 Å². The van der Waals surface area contributed by atoms with Gasteiger partial charge in [0.1, 0.15) is 11.6 Å². The van der Waals surface area contributed by atoms with Crippen LogP contribution in [0.25, 0.3) is 0 Å². The van der Waals surface area contributed by atoms with Crippen molar-refractivity contribution in [3.63, 3.8) is 0 Å². The third-order valence-corrected chi connectivity index (χ3v) is 3.55. The Morgan fingerprint density at radius 2 is 2.04 bits per heavy atom. The fourth-order valence-corrected chi connectivity index (χ4v) is 2.18. The lowest BCUT2D eigenvalue weighted by atomic mass is 10.2. The van der Waals surface area contributed by atoms with Crippen LogP contribution in [0.3, 0.4) is 0 Å². The van der Waals surface area contributed by atoms with Crippen LogP contribution in [0.5, 0.6) is 5.75 Å². The summed E-state index contributed by atoms with van der Waals surface area (Å²) in [5.74, 6) is -0.0141. The van der Waals surface area contributed by atoms with Gasteiger partial charge in [-0.05, 0) is 42.8 Å². The van der Waals surface area contributed by atoms with Gasteiger partial charge in [0.2, 0.25) is 0 Å². The van der Waals surface area contributed by atoms with E-state index in [-0.39, 0.29) is 18.2 Å². The largest absolute Gasteiger partial charge is 0.471 e. The van der Waals surface area contributed by atoms with Crippen molar-refractivity contribution in [3.8, 4) is 5.75 Å². The first-order valence-electron chi connectivity index (χ1n) is 7.89. The van der Waals surface area contributed by atoms with Crippen LogP contribution >= 0.6 is 0 Å². The average molecular weight is 376 g/mol. The molecule has 2 heterocycles. The molecule has 0 aliphatic rings. The Balaban J connectivity index is 1.61. The fourth-order valence-electron chi connectivity index (χ4n) is 2.18. The molecule has 3 rings (SSSR count). The van der Waals surface area contributed by atoms with Gasteiger partial charge < -0.3 is 10.1 Å². The third-order valence-electron chi connectivity index (χ3n) is 3.55. The van der Waals surface area contributed by atoms with E-state index >= 15 is 0 Å². The molecule has 3 aromatic rings. The van der Waals surface area contributed by atoms with Gasteiger partial charge in [-0.2, -0.15) is 18.3 Å². The second-order valence-electron chi connectivity index (χ2n) is 5.71. The number of hydrogen-bond donors (Lipinski definition) is 1. The van der Waals surface area contributed by atoms with Crippen molar-refractivity contribution >= 4 is 11.7 Å². The number of hydrogen-bond acceptors (Lipinski definition) is 4. The minimum absolute atomic E-state index is 0.0511. The van der Waals surface area contributed by atoms with Gasteiger partial charge in [0.05, 0.1) is 5.56 Å². The Labute approximate surface area is 152 Å². The van der Waals surface area contributed by atoms with Crippen molar-refractivity contribution in [3.05, 3.63) is 71.7 Å². The molecule has 0 radical (unpaired) electrons. The number of benzene rings is 1. The smallest absolute Gasteiger partial charge is 0.416 e. The number of carbonyl (C=O) groups is 1. The maximum Gasteiger partial charge on any atom is 0.416 e. The lowest BCUT2D eigenvalue weighted by Crippen LogP contribution is -2.15. The van der Waals surface area contributed by atoms with Crippen LogP contribution in [0.15, 0.2) is 54.9 Å². The van der Waals surface area contributed by atoms with E-state index in [1.807, 2.05) is 13.0 Å². The predicted octanol–water partition coefficient (Wildman–Crippen LogP) is 3.89. The summed E-state index contributed by atoms with van der Waals surface area (Å²) in [4.78, 5) is 16.2. The maximum atomic E-state index is 12.7. The summed E-state index contributed by atoms with van der Waals surface area (Å²) in [5, 5.41) is 6.64. The van der Waals surface area contributed by atoms with E-state index < -0.39 is 17.6 Å². The van der Waals surface area contributed by atoms with E-state index in [0.717, 1.165) is 17.7 Å². The summed E-state index contributed by atoms with van der Waals surface area (Å²) >= 11 is 0. The number of amides is 1. The third kappa shape index (κ3) is 4.84. The quantitative estimate of drug-likeness (QED) is 0.733. The van der Waals surface area contributed by atoms with Crippen molar-refractivity contribution in [1.82, 2.24) is 14.8 Å². The summed E-state index contributed by atoms with van der Waals surface area (Å²) in [6.45, 7) is 1.74. The number of aryl methyl sites for hydroxylation is 1. The average Bonchev–Trinajstić information content (AvgIpc) is 3.11. The molecular weight excluding hydrogens is 361 g/mol. The Bertz CT molecular complexity index is 936. The van der Waals surface area contributed by atoms with Crippen molar-refractivity contribution < 1.29 is 22.7 Å². The van der Waals surface area contributed by atoms with Crippen LogP contribution in [0.2, 0.25) is 0 Å². The number of pyridine rings is 1. The number of carbonyl (C=O) groups excluding carboxylic acids is 1. The Hall–Kier alpha value is -3.36. The zero-order valence-corrected chi connectivity index (χ0v) is 14.2. The van der Waals surface area contributed by atoms with Crippen LogP contribution in [0.4, 0.5) is 19.0 Å². The van der Waals surface area contributed by atoms with E-state index in [4.69, 9.17) is 4.74 Å². The van der Waals surface area contributed by atoms with E-state index in [0.29, 0.717) is 5.82 Å². The van der Waals surface area contributed by atoms with Gasteiger partial charge in [-0.15, -0.1) is 0 Å². The van der Waals surface area contributed by atoms with Crippen molar-refractivity contribution in [2.45, 2.75) is 19.8 Å². The summed E-state index contributed by atoms with van der Waals surface area (Å²) in [6, 6.07) is 9.48. The molecule has 0 bridgehead atoms. The Morgan fingerprint density at radius 1 is 1.22 bits per heavy atom. The molecule has 1 N–H and O–H groups in total. The number of nitrogens with zero attached hydrogens (tertiary/aromatic N) is 3. The zero-order valence-electron chi connectivity index (χ0n) is 14.2. The number of halogens is 3. The van der Waals surface area contributed by atoms with Gasteiger partial charge in [0.15, 0.2) is 12.4 Å². The first-order valence-corrected chi connectivity index (χ1v) is 7.89. The topological polar surface area (TPSA) is 69.0 Å². The Morgan fingerprint density at radius 3 is 2.74 bits per heavy atom. The van der Waals surface area contributed by atoms with Gasteiger partial charge in [-0.25, -0.2) is 9.67 Å². The first kappa shape index (κ1) is 18.4. The van der Waals surface area contributed by atoms with Gasteiger partial charge in [0.25, 0.3) is 5.91 Å². The molecule has 0 aliphatic carbocycles. The monoisotopic (exact) mass is 376 g/mol. The van der Waals surface area contributed by atoms with Gasteiger partial charge in [-0.1, -0.05) is 12.1 Å². The van der Waals surface area contributed by atoms with E-state index in [1.54, 1.807) is 12.3 Å². The number of aromatic nitrogens is 3. The van der Waals surface area contributed by atoms with Gasteiger partial charge in [-0.3, -0.25) is 4.79 Å². The number of anilines is 1.